The van der Waals surface area contributed by atoms with E-state index in [1.807, 2.05) is 91.0 Å². The van der Waals surface area contributed by atoms with Gasteiger partial charge in [0.1, 0.15) is 16.7 Å². The number of fused-ring (bicyclic) bond motifs is 1. The summed E-state index contributed by atoms with van der Waals surface area (Å²) in [5.74, 6) is -0.799. The summed E-state index contributed by atoms with van der Waals surface area (Å²) >= 11 is 1.31. The van der Waals surface area contributed by atoms with Crippen LogP contribution >= 0.6 is 11.8 Å². The molecule has 2 aliphatic rings. The molecular formula is C28H24N2O4S. The van der Waals surface area contributed by atoms with E-state index in [1.165, 1.54) is 11.8 Å². The van der Waals surface area contributed by atoms with Crippen molar-refractivity contribution in [3.05, 3.63) is 120 Å². The second kappa shape index (κ2) is 10.2. The van der Waals surface area contributed by atoms with Gasteiger partial charge < -0.3 is 15.0 Å². The van der Waals surface area contributed by atoms with Crippen LogP contribution in [0.25, 0.3) is 0 Å². The summed E-state index contributed by atoms with van der Waals surface area (Å²) in [6, 6.07) is 27.9. The fraction of sp³-hybridized carbons (Fsp3) is 0.179. The highest BCUT2D eigenvalue weighted by Crippen LogP contribution is 2.39. The van der Waals surface area contributed by atoms with E-state index in [0.717, 1.165) is 16.7 Å². The lowest BCUT2D eigenvalue weighted by Crippen LogP contribution is -2.69. The monoisotopic (exact) mass is 484 g/mol. The van der Waals surface area contributed by atoms with Crippen LogP contribution in [0.2, 0.25) is 0 Å². The number of amides is 2. The van der Waals surface area contributed by atoms with Crippen LogP contribution in [0.5, 0.6) is 0 Å². The maximum absolute atomic E-state index is 13.2. The van der Waals surface area contributed by atoms with Crippen molar-refractivity contribution < 1.29 is 19.1 Å². The Morgan fingerprint density at radius 1 is 0.886 bits per heavy atom. The Kier molecular flexibility index (Phi) is 6.68. The summed E-state index contributed by atoms with van der Waals surface area (Å²) in [5.41, 5.74) is 2.63. The number of nitrogens with zero attached hydrogens (tertiary/aromatic N) is 1. The van der Waals surface area contributed by atoms with Gasteiger partial charge in [0.25, 0.3) is 5.91 Å². The van der Waals surface area contributed by atoms with E-state index in [4.69, 9.17) is 4.74 Å². The molecular weight excluding hydrogens is 460 g/mol. The van der Waals surface area contributed by atoms with Gasteiger partial charge in [0.2, 0.25) is 5.91 Å². The fourth-order valence-electron chi connectivity index (χ4n) is 4.20. The van der Waals surface area contributed by atoms with Crippen molar-refractivity contribution in [1.29, 1.82) is 0 Å². The molecule has 1 N–H and O–H groups in total. The Balaban J connectivity index is 1.26. The molecule has 0 radical (unpaired) electrons. The van der Waals surface area contributed by atoms with Crippen molar-refractivity contribution in [2.24, 2.45) is 0 Å². The molecule has 3 aromatic carbocycles. The SMILES string of the molecule is O=C(Cc1ccccc1)N[C@@H]1C(=O)N2C=CC(C(=O)OC(c3ccccc3)c3ccccc3)S[C@H]12. The molecule has 3 aromatic rings. The first kappa shape index (κ1) is 22.9. The molecule has 7 heteroatoms. The van der Waals surface area contributed by atoms with Crippen molar-refractivity contribution in [3.8, 4) is 0 Å². The van der Waals surface area contributed by atoms with Gasteiger partial charge in [-0.05, 0) is 22.8 Å². The molecule has 0 aliphatic carbocycles. The number of ether oxygens (including phenoxy) is 1. The van der Waals surface area contributed by atoms with Crippen LogP contribution in [0, 0.1) is 0 Å². The summed E-state index contributed by atoms with van der Waals surface area (Å²) < 4.78 is 5.99. The van der Waals surface area contributed by atoms with E-state index in [-0.39, 0.29) is 23.6 Å². The molecule has 1 fully saturated rings. The number of carbonyl (C=O) groups excluding carboxylic acids is 3. The normalized spacial score (nSPS) is 20.7. The molecule has 1 saturated heterocycles. The van der Waals surface area contributed by atoms with Crippen molar-refractivity contribution in [1.82, 2.24) is 10.2 Å². The van der Waals surface area contributed by atoms with Gasteiger partial charge in [0, 0.05) is 6.20 Å². The first-order valence-corrected chi connectivity index (χ1v) is 12.3. The Morgan fingerprint density at radius 2 is 1.46 bits per heavy atom. The second-order valence-electron chi connectivity index (χ2n) is 8.38. The highest BCUT2D eigenvalue weighted by Gasteiger charge is 2.51. The summed E-state index contributed by atoms with van der Waals surface area (Å²) in [7, 11) is 0. The molecule has 3 atom stereocenters. The fourth-order valence-corrected chi connectivity index (χ4v) is 5.47. The zero-order chi connectivity index (χ0) is 24.2. The van der Waals surface area contributed by atoms with E-state index < -0.39 is 23.4 Å². The Bertz CT molecular complexity index is 1190. The molecule has 1 unspecified atom stereocenters. The van der Waals surface area contributed by atoms with E-state index in [9.17, 15) is 14.4 Å². The molecule has 0 bridgehead atoms. The topological polar surface area (TPSA) is 75.7 Å². The number of esters is 1. The van der Waals surface area contributed by atoms with Gasteiger partial charge in [-0.25, -0.2) is 0 Å². The Morgan fingerprint density at radius 3 is 2.06 bits per heavy atom. The molecule has 176 valence electrons. The summed E-state index contributed by atoms with van der Waals surface area (Å²) in [4.78, 5) is 39.8. The van der Waals surface area contributed by atoms with Crippen LogP contribution in [0.4, 0.5) is 0 Å². The minimum absolute atomic E-state index is 0.182. The van der Waals surface area contributed by atoms with Crippen LogP contribution in [0.15, 0.2) is 103 Å². The van der Waals surface area contributed by atoms with E-state index in [1.54, 1.807) is 17.2 Å². The third-order valence-electron chi connectivity index (χ3n) is 5.98. The van der Waals surface area contributed by atoms with Gasteiger partial charge in [-0.1, -0.05) is 91.0 Å². The molecule has 5 rings (SSSR count). The maximum Gasteiger partial charge on any atom is 0.324 e. The highest BCUT2D eigenvalue weighted by molar-refractivity contribution is 8.01. The first-order chi connectivity index (χ1) is 17.1. The average Bonchev–Trinajstić information content (AvgIpc) is 2.91. The van der Waals surface area contributed by atoms with Crippen molar-refractivity contribution in [3.63, 3.8) is 0 Å². The minimum atomic E-state index is -0.671. The Hall–Kier alpha value is -3.84. The van der Waals surface area contributed by atoms with E-state index >= 15 is 0 Å². The lowest BCUT2D eigenvalue weighted by molar-refractivity contribution is -0.147. The summed E-state index contributed by atoms with van der Waals surface area (Å²) in [6.07, 6.45) is 2.95. The lowest BCUT2D eigenvalue weighted by Gasteiger charge is -2.47. The maximum atomic E-state index is 13.2. The van der Waals surface area contributed by atoms with Crippen LogP contribution in [0.3, 0.4) is 0 Å². The van der Waals surface area contributed by atoms with Gasteiger partial charge in [-0.3, -0.25) is 14.4 Å². The number of hydrogen-bond acceptors (Lipinski definition) is 5. The van der Waals surface area contributed by atoms with Gasteiger partial charge in [0.05, 0.1) is 6.42 Å². The number of benzene rings is 3. The lowest BCUT2D eigenvalue weighted by atomic mass is 10.0. The Labute approximate surface area is 208 Å². The highest BCUT2D eigenvalue weighted by atomic mass is 32.2. The molecule has 0 spiro atoms. The van der Waals surface area contributed by atoms with Gasteiger partial charge in [-0.15, -0.1) is 11.8 Å². The zero-order valence-corrected chi connectivity index (χ0v) is 19.6. The zero-order valence-electron chi connectivity index (χ0n) is 18.8. The standard InChI is InChI=1S/C28H24N2O4S/c31-23(18-19-10-4-1-5-11-19)29-24-26(32)30-17-16-22(35-27(24)30)28(33)34-25(20-12-6-2-7-13-20)21-14-8-3-9-15-21/h1-17,22,24-25,27H,18H2,(H,29,31)/t22?,24-,27-/m1/s1. The van der Waals surface area contributed by atoms with Gasteiger partial charge >= 0.3 is 5.97 Å². The van der Waals surface area contributed by atoms with Crippen LogP contribution in [0.1, 0.15) is 22.8 Å². The number of carbonyl (C=O) groups is 3. The van der Waals surface area contributed by atoms with Crippen LogP contribution in [-0.2, 0) is 25.5 Å². The molecule has 2 aliphatic heterocycles. The third kappa shape index (κ3) is 5.00. The third-order valence-corrected chi connectivity index (χ3v) is 7.40. The first-order valence-electron chi connectivity index (χ1n) is 11.4. The van der Waals surface area contributed by atoms with Gasteiger partial charge in [0.15, 0.2) is 6.10 Å². The number of thioether (sulfide) groups is 1. The molecule has 35 heavy (non-hydrogen) atoms. The number of β-lactam (4-membered cyclic amide) rings is 1. The molecule has 2 amide bonds. The predicted molar refractivity (Wildman–Crippen MR) is 134 cm³/mol. The molecule has 6 nitrogen and oxygen atoms in total. The predicted octanol–water partition coefficient (Wildman–Crippen LogP) is 3.84. The quantitative estimate of drug-likeness (QED) is 0.407. The number of rotatable bonds is 7. The smallest absolute Gasteiger partial charge is 0.324 e. The number of nitrogens with one attached hydrogen (secondary N) is 1. The van der Waals surface area contributed by atoms with Crippen molar-refractivity contribution in [2.75, 3.05) is 0 Å². The van der Waals surface area contributed by atoms with Crippen molar-refractivity contribution >= 4 is 29.5 Å². The van der Waals surface area contributed by atoms with Crippen molar-refractivity contribution in [2.45, 2.75) is 29.2 Å². The summed E-state index contributed by atoms with van der Waals surface area (Å²) in [6.45, 7) is 0. The van der Waals surface area contributed by atoms with E-state index in [2.05, 4.69) is 5.32 Å². The number of hydrogen-bond donors (Lipinski definition) is 1. The molecule has 0 saturated carbocycles. The van der Waals surface area contributed by atoms with E-state index in [0.29, 0.717) is 0 Å². The van der Waals surface area contributed by atoms with Crippen LogP contribution in [-0.4, -0.2) is 39.3 Å². The molecule has 0 aromatic heterocycles. The second-order valence-corrected chi connectivity index (χ2v) is 9.64. The molecule has 2 heterocycles. The van der Waals surface area contributed by atoms with Gasteiger partial charge in [-0.2, -0.15) is 0 Å². The van der Waals surface area contributed by atoms with Crippen LogP contribution < -0.4 is 5.32 Å². The largest absolute Gasteiger partial charge is 0.451 e. The summed E-state index contributed by atoms with van der Waals surface area (Å²) in [5, 5.41) is 1.89. The average molecular weight is 485 g/mol. The minimum Gasteiger partial charge on any atom is -0.451 e.